The minimum atomic E-state index is -5.12. The highest BCUT2D eigenvalue weighted by Crippen LogP contribution is 2.46. The molecule has 15 heteroatoms. The van der Waals surface area contributed by atoms with Gasteiger partial charge in [0, 0.05) is 43.9 Å². The molecule has 1 aliphatic heterocycles. The van der Waals surface area contributed by atoms with Crippen LogP contribution in [0.4, 0.5) is 42.1 Å². The predicted octanol–water partition coefficient (Wildman–Crippen LogP) is 6.05. The number of carboxylic acid groups (broad SMARTS) is 1. The van der Waals surface area contributed by atoms with Crippen LogP contribution in [-0.4, -0.2) is 56.0 Å². The molecular weight excluding hydrogens is 573 g/mol. The second-order valence-electron chi connectivity index (χ2n) is 10.3. The molecule has 1 heterocycles. The van der Waals surface area contributed by atoms with E-state index >= 15 is 0 Å². The van der Waals surface area contributed by atoms with Gasteiger partial charge in [-0.05, 0) is 45.4 Å². The molecule has 1 atom stereocenters. The maximum atomic E-state index is 14.2. The monoisotopic (exact) mass is 600 g/mol. The van der Waals surface area contributed by atoms with Crippen molar-refractivity contribution in [1.82, 2.24) is 4.31 Å². The van der Waals surface area contributed by atoms with Gasteiger partial charge >= 0.3 is 12.1 Å². The van der Waals surface area contributed by atoms with Crippen LogP contribution in [0.15, 0.2) is 35.2 Å². The van der Waals surface area contributed by atoms with Crippen molar-refractivity contribution in [2.24, 2.45) is 5.41 Å². The third-order valence-electron chi connectivity index (χ3n) is 6.52. The van der Waals surface area contributed by atoms with Gasteiger partial charge in [0.2, 0.25) is 15.9 Å². The quantitative estimate of drug-likeness (QED) is 0.372. The first-order chi connectivity index (χ1) is 18.1. The van der Waals surface area contributed by atoms with Crippen molar-refractivity contribution in [3.05, 3.63) is 47.5 Å². The van der Waals surface area contributed by atoms with Gasteiger partial charge < -0.3 is 14.7 Å². The van der Waals surface area contributed by atoms with E-state index in [0.717, 1.165) is 22.3 Å². The molecule has 0 unspecified atom stereocenters. The highest BCUT2D eigenvalue weighted by atomic mass is 32.2. The van der Waals surface area contributed by atoms with Crippen molar-refractivity contribution < 1.29 is 53.8 Å². The highest BCUT2D eigenvalue weighted by molar-refractivity contribution is 7.89. The van der Waals surface area contributed by atoms with Crippen molar-refractivity contribution in [3.63, 3.8) is 0 Å². The SMILES string of the molecule is CN1[C@H](CCC(C)(F)F)CN(c2ccc(F)c(F)c2)c2cc(C(F)(F)F)c(OCC(C)(C)C(=O)O)cc2S1(=O)=O. The Morgan fingerprint density at radius 3 is 2.20 bits per heavy atom. The Bertz CT molecular complexity index is 1390. The molecule has 3 rings (SSSR count). The fraction of sp³-hybridized carbons (Fsp3) is 0.480. The van der Waals surface area contributed by atoms with Crippen molar-refractivity contribution in [2.45, 2.75) is 56.6 Å². The van der Waals surface area contributed by atoms with Crippen LogP contribution in [0.25, 0.3) is 0 Å². The number of carbonyl (C=O) groups is 1. The third kappa shape index (κ3) is 6.62. The number of ether oxygens (including phenoxy) is 1. The summed E-state index contributed by atoms with van der Waals surface area (Å²) in [5.74, 6) is -8.21. The summed E-state index contributed by atoms with van der Waals surface area (Å²) in [6, 6.07) is 2.15. The molecule has 0 aromatic heterocycles. The van der Waals surface area contributed by atoms with Crippen molar-refractivity contribution in [1.29, 1.82) is 0 Å². The van der Waals surface area contributed by atoms with Crippen molar-refractivity contribution in [2.75, 3.05) is 25.1 Å². The van der Waals surface area contributed by atoms with Gasteiger partial charge in [-0.2, -0.15) is 17.5 Å². The van der Waals surface area contributed by atoms with Gasteiger partial charge in [-0.15, -0.1) is 0 Å². The maximum Gasteiger partial charge on any atom is 0.420 e. The molecule has 0 saturated heterocycles. The van der Waals surface area contributed by atoms with E-state index in [2.05, 4.69) is 0 Å². The first kappa shape index (κ1) is 31.5. The fourth-order valence-electron chi connectivity index (χ4n) is 3.99. The Kier molecular flexibility index (Phi) is 8.44. The standard InChI is InChI=1S/C25H27F7N2O5S/c1-23(2,22(35)36)13-39-20-11-21-19(10-16(20)25(30,31)32)34(14-5-6-17(26)18(27)9-14)12-15(7-8-24(3,28)29)33(4)40(21,37)38/h5-6,9-11,15H,7-8,12-13H2,1-4H3,(H,35,36)/t15-/m1/s1. The molecule has 7 nitrogen and oxygen atoms in total. The fourth-order valence-corrected chi connectivity index (χ4v) is 5.56. The average Bonchev–Trinajstić information content (AvgIpc) is 2.89. The number of hydrogen-bond donors (Lipinski definition) is 1. The van der Waals surface area contributed by atoms with Crippen LogP contribution in [0.2, 0.25) is 0 Å². The number of rotatable bonds is 8. The van der Waals surface area contributed by atoms with Crippen LogP contribution < -0.4 is 9.64 Å². The van der Waals surface area contributed by atoms with Gasteiger partial charge in [-0.3, -0.25) is 4.79 Å². The molecule has 1 aliphatic rings. The largest absolute Gasteiger partial charge is 0.492 e. The summed E-state index contributed by atoms with van der Waals surface area (Å²) < 4.78 is 131. The summed E-state index contributed by atoms with van der Waals surface area (Å²) in [6.07, 6.45) is -6.31. The van der Waals surface area contributed by atoms with Gasteiger partial charge in [-0.1, -0.05) is 0 Å². The summed E-state index contributed by atoms with van der Waals surface area (Å²) in [6.45, 7) is 1.76. The highest BCUT2D eigenvalue weighted by Gasteiger charge is 2.43. The Morgan fingerprint density at radius 1 is 1.05 bits per heavy atom. The summed E-state index contributed by atoms with van der Waals surface area (Å²) >= 11 is 0. The third-order valence-corrected chi connectivity index (χ3v) is 8.46. The number of anilines is 2. The topological polar surface area (TPSA) is 87.2 Å². The molecular formula is C25H27F7N2O5S. The number of fused-ring (bicyclic) bond motifs is 1. The second kappa shape index (κ2) is 10.7. The molecule has 0 amide bonds. The number of carboxylic acids is 1. The lowest BCUT2D eigenvalue weighted by Crippen LogP contribution is -2.41. The Balaban J connectivity index is 2.29. The molecule has 0 spiro atoms. The van der Waals surface area contributed by atoms with Crippen LogP contribution in [0.5, 0.6) is 5.75 Å². The molecule has 0 radical (unpaired) electrons. The first-order valence-corrected chi connectivity index (χ1v) is 13.3. The van der Waals surface area contributed by atoms with Crippen molar-refractivity contribution >= 4 is 27.4 Å². The summed E-state index contributed by atoms with van der Waals surface area (Å²) in [5.41, 5.74) is -3.93. The van der Waals surface area contributed by atoms with Gasteiger partial charge in [0.25, 0.3) is 0 Å². The number of benzene rings is 2. The molecule has 0 bridgehead atoms. The van der Waals surface area contributed by atoms with Crippen LogP contribution in [0, 0.1) is 17.0 Å². The smallest absolute Gasteiger partial charge is 0.420 e. The second-order valence-corrected chi connectivity index (χ2v) is 12.3. The van der Waals surface area contributed by atoms with Crippen LogP contribution >= 0.6 is 0 Å². The van der Waals surface area contributed by atoms with E-state index in [4.69, 9.17) is 4.74 Å². The van der Waals surface area contributed by atoms with Gasteiger partial charge in [0.05, 0.1) is 16.7 Å². The van der Waals surface area contributed by atoms with E-state index in [0.29, 0.717) is 31.2 Å². The molecule has 2 aromatic carbocycles. The molecule has 0 saturated carbocycles. The van der Waals surface area contributed by atoms with Gasteiger partial charge in [0.15, 0.2) is 11.6 Å². The molecule has 1 N–H and O–H groups in total. The average molecular weight is 601 g/mol. The van der Waals surface area contributed by atoms with E-state index in [9.17, 15) is 49.1 Å². The van der Waals surface area contributed by atoms with Crippen LogP contribution in [-0.2, 0) is 21.0 Å². The Morgan fingerprint density at radius 2 is 1.68 bits per heavy atom. The zero-order chi connectivity index (χ0) is 30.4. The van der Waals surface area contributed by atoms with Crippen molar-refractivity contribution in [3.8, 4) is 5.75 Å². The number of alkyl halides is 5. The van der Waals surface area contributed by atoms with E-state index in [1.807, 2.05) is 0 Å². The van der Waals surface area contributed by atoms with Gasteiger partial charge in [-0.25, -0.2) is 26.0 Å². The zero-order valence-electron chi connectivity index (χ0n) is 21.8. The van der Waals surface area contributed by atoms with Gasteiger partial charge in [0.1, 0.15) is 17.3 Å². The normalized spacial score (nSPS) is 18.3. The summed E-state index contributed by atoms with van der Waals surface area (Å²) in [7, 11) is -3.61. The Hall–Kier alpha value is -3.07. The Labute approximate surface area is 226 Å². The molecule has 0 aliphatic carbocycles. The predicted molar refractivity (Wildman–Crippen MR) is 130 cm³/mol. The maximum absolute atomic E-state index is 14.2. The van der Waals surface area contributed by atoms with E-state index < -0.39 is 99.1 Å². The summed E-state index contributed by atoms with van der Waals surface area (Å²) in [5, 5.41) is 9.31. The zero-order valence-corrected chi connectivity index (χ0v) is 22.6. The lowest BCUT2D eigenvalue weighted by molar-refractivity contribution is -0.148. The molecule has 40 heavy (non-hydrogen) atoms. The number of likely N-dealkylation sites (N-methyl/N-ethyl adjacent to an activating group) is 1. The number of nitrogens with zero attached hydrogens (tertiary/aromatic N) is 2. The van der Waals surface area contributed by atoms with Crippen LogP contribution in [0.1, 0.15) is 39.2 Å². The molecule has 2 aromatic rings. The molecule has 222 valence electrons. The van der Waals surface area contributed by atoms with E-state index in [-0.39, 0.29) is 5.69 Å². The number of sulfonamides is 1. The first-order valence-electron chi connectivity index (χ1n) is 11.8. The summed E-state index contributed by atoms with van der Waals surface area (Å²) in [4.78, 5) is 11.7. The lowest BCUT2D eigenvalue weighted by atomic mass is 9.95. The number of hydrogen-bond acceptors (Lipinski definition) is 5. The number of halogens is 7. The number of aliphatic carboxylic acids is 1. The minimum Gasteiger partial charge on any atom is -0.492 e. The van der Waals surface area contributed by atoms with Crippen LogP contribution in [0.3, 0.4) is 0 Å². The van der Waals surface area contributed by atoms with E-state index in [1.54, 1.807) is 0 Å². The lowest BCUT2D eigenvalue weighted by Gasteiger charge is -2.30. The minimum absolute atomic E-state index is 0.229. The molecule has 0 fully saturated rings. The van der Waals surface area contributed by atoms with E-state index in [1.165, 1.54) is 13.8 Å².